The molecule has 1 fully saturated rings. The van der Waals surface area contributed by atoms with Crippen molar-refractivity contribution in [2.24, 2.45) is 11.8 Å². The highest BCUT2D eigenvalue weighted by atomic mass is 32.2. The molecule has 7 heteroatoms. The summed E-state index contributed by atoms with van der Waals surface area (Å²) in [7, 11) is -1.84. The van der Waals surface area contributed by atoms with Gasteiger partial charge >= 0.3 is 0 Å². The van der Waals surface area contributed by atoms with Crippen LogP contribution >= 0.6 is 0 Å². The minimum atomic E-state index is -3.50. The maximum Gasteiger partial charge on any atom is 0.243 e. The first-order valence-electron chi connectivity index (χ1n) is 6.86. The van der Waals surface area contributed by atoms with Crippen LogP contribution in [0.25, 0.3) is 0 Å². The van der Waals surface area contributed by atoms with Crippen LogP contribution in [0, 0.1) is 5.92 Å². The van der Waals surface area contributed by atoms with Crippen molar-refractivity contribution in [2.75, 3.05) is 12.5 Å². The van der Waals surface area contributed by atoms with E-state index in [0.29, 0.717) is 11.7 Å². The van der Waals surface area contributed by atoms with Gasteiger partial charge in [0.1, 0.15) is 5.82 Å². The Morgan fingerprint density at radius 3 is 2.85 bits per heavy atom. The monoisotopic (exact) mass is 298 g/mol. The molecule has 0 bridgehead atoms. The molecule has 0 aromatic carbocycles. The van der Waals surface area contributed by atoms with Gasteiger partial charge in [-0.25, -0.2) is 19.2 Å². The second-order valence-electron chi connectivity index (χ2n) is 5.47. The summed E-state index contributed by atoms with van der Waals surface area (Å²) in [5.41, 5.74) is 2.37. The lowest BCUT2D eigenvalue weighted by Crippen LogP contribution is -2.39. The van der Waals surface area contributed by atoms with Gasteiger partial charge in [0.05, 0.1) is 4.90 Å². The van der Waals surface area contributed by atoms with Crippen molar-refractivity contribution in [3.63, 3.8) is 0 Å². The summed E-state index contributed by atoms with van der Waals surface area (Å²) in [6, 6.07) is 3.03. The highest BCUT2D eigenvalue weighted by Crippen LogP contribution is 2.30. The number of nitrogens with two attached hydrogens (primary N) is 1. The standard InChI is InChI=1S/C13H22N4O2S/c1-10-4-3-5-11(8-10)17(2)20(18,19)12-6-7-15-13(9-12)16-14/h6-7,9-11H,3-5,8,14H2,1-2H3,(H,15,16). The van der Waals surface area contributed by atoms with E-state index in [9.17, 15) is 8.42 Å². The average Bonchev–Trinajstić information content (AvgIpc) is 2.46. The second kappa shape index (κ2) is 6.07. The largest absolute Gasteiger partial charge is 0.308 e. The van der Waals surface area contributed by atoms with Gasteiger partial charge in [-0.2, -0.15) is 4.31 Å². The zero-order chi connectivity index (χ0) is 14.8. The third-order valence-electron chi connectivity index (χ3n) is 3.98. The minimum Gasteiger partial charge on any atom is -0.308 e. The van der Waals surface area contributed by atoms with Gasteiger partial charge in [-0.15, -0.1) is 0 Å². The number of anilines is 1. The molecular formula is C13H22N4O2S. The molecule has 0 radical (unpaired) electrons. The Bertz CT molecular complexity index is 561. The average molecular weight is 298 g/mol. The quantitative estimate of drug-likeness (QED) is 0.650. The number of aromatic nitrogens is 1. The molecule has 0 amide bonds. The van der Waals surface area contributed by atoms with E-state index in [2.05, 4.69) is 17.3 Å². The number of hydrogen-bond donors (Lipinski definition) is 2. The first-order valence-corrected chi connectivity index (χ1v) is 8.30. The van der Waals surface area contributed by atoms with Crippen LogP contribution in [0.5, 0.6) is 0 Å². The Morgan fingerprint density at radius 2 is 2.20 bits per heavy atom. The molecule has 1 aromatic heterocycles. The molecule has 20 heavy (non-hydrogen) atoms. The maximum atomic E-state index is 12.6. The molecule has 1 saturated carbocycles. The first-order chi connectivity index (χ1) is 9.45. The van der Waals surface area contributed by atoms with Crippen molar-refractivity contribution in [3.05, 3.63) is 18.3 Å². The summed E-state index contributed by atoms with van der Waals surface area (Å²) in [5.74, 6) is 6.20. The highest BCUT2D eigenvalue weighted by molar-refractivity contribution is 7.89. The van der Waals surface area contributed by atoms with Crippen molar-refractivity contribution in [3.8, 4) is 0 Å². The summed E-state index contributed by atoms with van der Waals surface area (Å²) < 4.78 is 26.8. The number of rotatable bonds is 4. The molecule has 6 nitrogen and oxygen atoms in total. The van der Waals surface area contributed by atoms with Crippen LogP contribution in [0.4, 0.5) is 5.82 Å². The number of sulfonamides is 1. The molecule has 112 valence electrons. The van der Waals surface area contributed by atoms with Crippen LogP contribution in [0.15, 0.2) is 23.2 Å². The van der Waals surface area contributed by atoms with E-state index in [4.69, 9.17) is 5.84 Å². The van der Waals surface area contributed by atoms with Crippen LogP contribution in [0.3, 0.4) is 0 Å². The Labute approximate surface area is 120 Å². The Kier molecular flexibility index (Phi) is 4.62. The van der Waals surface area contributed by atoms with Gasteiger partial charge in [0.15, 0.2) is 0 Å². The van der Waals surface area contributed by atoms with E-state index in [1.165, 1.54) is 29.1 Å². The first kappa shape index (κ1) is 15.2. The fraction of sp³-hybridized carbons (Fsp3) is 0.615. The van der Waals surface area contributed by atoms with Gasteiger partial charge in [0.2, 0.25) is 10.0 Å². The second-order valence-corrected chi connectivity index (χ2v) is 7.47. The molecule has 2 unspecified atom stereocenters. The van der Waals surface area contributed by atoms with Crippen molar-refractivity contribution < 1.29 is 8.42 Å². The molecule has 0 spiro atoms. The van der Waals surface area contributed by atoms with E-state index >= 15 is 0 Å². The minimum absolute atomic E-state index is 0.0752. The molecule has 1 aliphatic rings. The summed E-state index contributed by atoms with van der Waals surface area (Å²) in [5, 5.41) is 0. The van der Waals surface area contributed by atoms with Gasteiger partial charge < -0.3 is 5.43 Å². The Morgan fingerprint density at radius 1 is 1.45 bits per heavy atom. The number of hydrazine groups is 1. The normalized spacial score (nSPS) is 23.8. The van der Waals surface area contributed by atoms with Crippen LogP contribution in [-0.4, -0.2) is 30.8 Å². The third-order valence-corrected chi connectivity index (χ3v) is 5.89. The van der Waals surface area contributed by atoms with Crippen LogP contribution in [-0.2, 0) is 10.0 Å². The zero-order valence-corrected chi connectivity index (χ0v) is 12.7. The molecular weight excluding hydrogens is 276 g/mol. The van der Waals surface area contributed by atoms with Gasteiger partial charge in [-0.1, -0.05) is 19.8 Å². The number of pyridine rings is 1. The fourth-order valence-electron chi connectivity index (χ4n) is 2.75. The molecule has 3 N–H and O–H groups in total. The topological polar surface area (TPSA) is 88.3 Å². The van der Waals surface area contributed by atoms with Gasteiger partial charge in [0.25, 0.3) is 0 Å². The summed E-state index contributed by atoms with van der Waals surface area (Å²) >= 11 is 0. The Balaban J connectivity index is 2.24. The van der Waals surface area contributed by atoms with E-state index in [1.807, 2.05) is 0 Å². The van der Waals surface area contributed by atoms with Crippen LogP contribution in [0.1, 0.15) is 32.6 Å². The molecule has 1 aliphatic carbocycles. The predicted octanol–water partition coefficient (Wildman–Crippen LogP) is 1.57. The number of nitrogens with zero attached hydrogens (tertiary/aromatic N) is 2. The fourth-order valence-corrected chi connectivity index (χ4v) is 4.16. The molecule has 0 aliphatic heterocycles. The van der Waals surface area contributed by atoms with E-state index in [-0.39, 0.29) is 10.9 Å². The lowest BCUT2D eigenvalue weighted by molar-refractivity contribution is 0.239. The molecule has 0 saturated heterocycles. The van der Waals surface area contributed by atoms with Crippen LogP contribution < -0.4 is 11.3 Å². The van der Waals surface area contributed by atoms with Crippen LogP contribution in [0.2, 0.25) is 0 Å². The van der Waals surface area contributed by atoms with E-state index in [0.717, 1.165) is 19.3 Å². The SMILES string of the molecule is CC1CCCC(N(C)S(=O)(=O)c2ccnc(NN)c2)C1. The summed E-state index contributed by atoms with van der Waals surface area (Å²) in [4.78, 5) is 4.16. The van der Waals surface area contributed by atoms with Crippen molar-refractivity contribution in [2.45, 2.75) is 43.5 Å². The van der Waals surface area contributed by atoms with Crippen molar-refractivity contribution in [1.82, 2.24) is 9.29 Å². The number of nitrogens with one attached hydrogen (secondary N) is 1. The van der Waals surface area contributed by atoms with Gasteiger partial charge in [0, 0.05) is 25.4 Å². The summed E-state index contributed by atoms with van der Waals surface area (Å²) in [6.07, 6.45) is 5.55. The van der Waals surface area contributed by atoms with Crippen molar-refractivity contribution in [1.29, 1.82) is 0 Å². The maximum absolute atomic E-state index is 12.6. The smallest absolute Gasteiger partial charge is 0.243 e. The van der Waals surface area contributed by atoms with Gasteiger partial charge in [-0.3, -0.25) is 0 Å². The number of hydrogen-bond acceptors (Lipinski definition) is 5. The lowest BCUT2D eigenvalue weighted by Gasteiger charge is -2.33. The molecule has 1 aromatic rings. The molecule has 2 rings (SSSR count). The van der Waals surface area contributed by atoms with E-state index in [1.54, 1.807) is 7.05 Å². The number of nitrogen functional groups attached to an aromatic ring is 1. The third kappa shape index (κ3) is 3.11. The molecule has 2 atom stereocenters. The molecule has 1 heterocycles. The van der Waals surface area contributed by atoms with Gasteiger partial charge in [-0.05, 0) is 24.8 Å². The highest BCUT2D eigenvalue weighted by Gasteiger charge is 2.31. The Hall–Kier alpha value is -1.18. The zero-order valence-electron chi connectivity index (χ0n) is 11.9. The predicted molar refractivity (Wildman–Crippen MR) is 78.4 cm³/mol. The van der Waals surface area contributed by atoms with E-state index < -0.39 is 10.0 Å². The lowest BCUT2D eigenvalue weighted by atomic mass is 9.87. The van der Waals surface area contributed by atoms with Crippen molar-refractivity contribution >= 4 is 15.8 Å². The summed E-state index contributed by atoms with van der Waals surface area (Å²) in [6.45, 7) is 2.18.